The fraction of sp³-hybridized carbons (Fsp3) is 1.00. The van der Waals surface area contributed by atoms with Gasteiger partial charge in [-0.2, -0.15) is 0 Å². The van der Waals surface area contributed by atoms with Crippen LogP contribution in [0.5, 0.6) is 0 Å². The normalized spacial score (nSPS) is 32.7. The maximum Gasteiger partial charge on any atom is 0.105 e. The van der Waals surface area contributed by atoms with Crippen LogP contribution in [0.25, 0.3) is 0 Å². The molecule has 13 heavy (non-hydrogen) atoms. The average Bonchev–Trinajstić information content (AvgIpc) is 2.16. The molecule has 0 aromatic carbocycles. The van der Waals surface area contributed by atoms with Crippen LogP contribution < -0.4 is 0 Å². The zero-order valence-corrected chi connectivity index (χ0v) is 9.52. The van der Waals surface area contributed by atoms with Gasteiger partial charge in [0, 0.05) is 0 Å². The molecule has 1 fully saturated rings. The highest BCUT2D eigenvalue weighted by molar-refractivity contribution is 6.11. The van der Waals surface area contributed by atoms with Crippen LogP contribution in [-0.4, -0.2) is 7.85 Å². The van der Waals surface area contributed by atoms with Gasteiger partial charge in [0.15, 0.2) is 0 Å². The number of hydrogen-bond donors (Lipinski definition) is 0. The molecule has 0 spiro atoms. The van der Waals surface area contributed by atoms with Crippen LogP contribution in [0.15, 0.2) is 0 Å². The molecule has 0 aliphatic heterocycles. The SMILES string of the molecule is B[C@@H]1CCCCCCCC[C@H]1CC. The van der Waals surface area contributed by atoms with Crippen molar-refractivity contribution in [1.82, 2.24) is 0 Å². The molecule has 0 unspecified atom stereocenters. The Hall–Kier alpha value is 0.0649. The van der Waals surface area contributed by atoms with E-state index in [0.717, 1.165) is 11.7 Å². The molecule has 1 aliphatic carbocycles. The van der Waals surface area contributed by atoms with Crippen LogP contribution in [-0.2, 0) is 0 Å². The van der Waals surface area contributed by atoms with Crippen LogP contribution in [0, 0.1) is 5.92 Å². The van der Waals surface area contributed by atoms with E-state index >= 15 is 0 Å². The van der Waals surface area contributed by atoms with Crippen molar-refractivity contribution in [3.63, 3.8) is 0 Å². The van der Waals surface area contributed by atoms with Gasteiger partial charge in [0.2, 0.25) is 0 Å². The summed E-state index contributed by atoms with van der Waals surface area (Å²) in [7, 11) is 2.47. The van der Waals surface area contributed by atoms with Gasteiger partial charge in [0.1, 0.15) is 7.85 Å². The lowest BCUT2D eigenvalue weighted by Gasteiger charge is -2.23. The fourth-order valence-electron chi connectivity index (χ4n) is 2.71. The molecule has 1 heteroatoms. The van der Waals surface area contributed by atoms with E-state index in [1.54, 1.807) is 0 Å². The summed E-state index contributed by atoms with van der Waals surface area (Å²) >= 11 is 0. The molecule has 0 aromatic rings. The topological polar surface area (TPSA) is 0 Å². The highest BCUT2D eigenvalue weighted by Crippen LogP contribution is 2.30. The molecule has 0 amide bonds. The van der Waals surface area contributed by atoms with Crippen molar-refractivity contribution in [2.45, 2.75) is 70.5 Å². The minimum Gasteiger partial charge on any atom is -0.0669 e. The molecule has 0 heterocycles. The molecule has 0 radical (unpaired) electrons. The van der Waals surface area contributed by atoms with Gasteiger partial charge in [-0.3, -0.25) is 0 Å². The van der Waals surface area contributed by atoms with Crippen LogP contribution in [0.4, 0.5) is 0 Å². The highest BCUT2D eigenvalue weighted by atomic mass is 14.2. The summed E-state index contributed by atoms with van der Waals surface area (Å²) in [6.45, 7) is 2.37. The first-order valence-corrected chi connectivity index (χ1v) is 6.34. The van der Waals surface area contributed by atoms with E-state index < -0.39 is 0 Å². The van der Waals surface area contributed by atoms with Crippen molar-refractivity contribution < 1.29 is 0 Å². The standard InChI is InChI=1S/C12H25B/c1-2-11-9-7-5-3-4-6-8-10-12(11)13/h11-12H,2-10,13H2,1H3/t11-,12-/m1/s1. The van der Waals surface area contributed by atoms with E-state index in [-0.39, 0.29) is 0 Å². The van der Waals surface area contributed by atoms with E-state index in [9.17, 15) is 0 Å². The third-order valence-corrected chi connectivity index (χ3v) is 3.81. The first-order chi connectivity index (χ1) is 6.34. The Morgan fingerprint density at radius 1 is 0.923 bits per heavy atom. The predicted octanol–water partition coefficient (Wildman–Crippen LogP) is 3.57. The summed E-state index contributed by atoms with van der Waals surface area (Å²) in [4.78, 5) is 0. The van der Waals surface area contributed by atoms with Gasteiger partial charge in [0.05, 0.1) is 0 Å². The van der Waals surface area contributed by atoms with Crippen molar-refractivity contribution in [2.75, 3.05) is 0 Å². The predicted molar refractivity (Wildman–Crippen MR) is 63.0 cm³/mol. The molecule has 0 nitrogen and oxygen atoms in total. The summed E-state index contributed by atoms with van der Waals surface area (Å²) in [5, 5.41) is 0. The summed E-state index contributed by atoms with van der Waals surface area (Å²) in [6.07, 6.45) is 13.3. The Kier molecular flexibility index (Phi) is 5.58. The monoisotopic (exact) mass is 180 g/mol. The van der Waals surface area contributed by atoms with Gasteiger partial charge >= 0.3 is 0 Å². The van der Waals surface area contributed by atoms with Gasteiger partial charge in [-0.15, -0.1) is 0 Å². The second kappa shape index (κ2) is 6.51. The van der Waals surface area contributed by atoms with Gasteiger partial charge in [-0.05, 0) is 5.92 Å². The first-order valence-electron chi connectivity index (χ1n) is 6.34. The molecule has 1 saturated carbocycles. The average molecular weight is 180 g/mol. The van der Waals surface area contributed by atoms with Crippen molar-refractivity contribution in [1.29, 1.82) is 0 Å². The Balaban J connectivity index is 2.32. The van der Waals surface area contributed by atoms with Crippen LogP contribution >= 0.6 is 0 Å². The molecule has 0 N–H and O–H groups in total. The lowest BCUT2D eigenvalue weighted by Crippen LogP contribution is -2.09. The summed E-state index contributed by atoms with van der Waals surface area (Å²) in [6, 6.07) is 0. The number of hydrogen-bond acceptors (Lipinski definition) is 0. The fourth-order valence-corrected chi connectivity index (χ4v) is 2.71. The van der Waals surface area contributed by atoms with E-state index in [2.05, 4.69) is 14.8 Å². The van der Waals surface area contributed by atoms with Gasteiger partial charge in [-0.25, -0.2) is 0 Å². The zero-order chi connectivity index (χ0) is 9.52. The first kappa shape index (κ1) is 11.1. The third-order valence-electron chi connectivity index (χ3n) is 3.81. The minimum absolute atomic E-state index is 0.989. The quantitative estimate of drug-likeness (QED) is 0.541. The van der Waals surface area contributed by atoms with Gasteiger partial charge in [0.25, 0.3) is 0 Å². The van der Waals surface area contributed by atoms with Crippen molar-refractivity contribution >= 4 is 7.85 Å². The second-order valence-corrected chi connectivity index (χ2v) is 4.84. The maximum atomic E-state index is 2.47. The number of rotatable bonds is 1. The Morgan fingerprint density at radius 2 is 1.46 bits per heavy atom. The second-order valence-electron chi connectivity index (χ2n) is 4.84. The molecular formula is C12H25B. The largest absolute Gasteiger partial charge is 0.105 e. The maximum absolute atomic E-state index is 2.47. The van der Waals surface area contributed by atoms with Gasteiger partial charge < -0.3 is 0 Å². The Labute approximate surface area is 84.9 Å². The van der Waals surface area contributed by atoms with E-state index in [1.165, 1.54) is 57.8 Å². The highest BCUT2D eigenvalue weighted by Gasteiger charge is 2.15. The molecule has 0 aromatic heterocycles. The van der Waals surface area contributed by atoms with Crippen molar-refractivity contribution in [3.8, 4) is 0 Å². The van der Waals surface area contributed by atoms with Crippen LogP contribution in [0.3, 0.4) is 0 Å². The van der Waals surface area contributed by atoms with E-state index in [0.29, 0.717) is 0 Å². The smallest absolute Gasteiger partial charge is 0.0669 e. The Morgan fingerprint density at radius 3 is 2.08 bits per heavy atom. The summed E-state index contributed by atoms with van der Waals surface area (Å²) in [5.74, 6) is 2.01. The van der Waals surface area contributed by atoms with Crippen molar-refractivity contribution in [2.24, 2.45) is 5.92 Å². The van der Waals surface area contributed by atoms with Crippen LogP contribution in [0.1, 0.15) is 64.7 Å². The minimum atomic E-state index is 0.989. The lowest BCUT2D eigenvalue weighted by atomic mass is 9.70. The van der Waals surface area contributed by atoms with E-state index in [1.807, 2.05) is 0 Å². The summed E-state index contributed by atoms with van der Waals surface area (Å²) in [5.41, 5.74) is 0. The lowest BCUT2D eigenvalue weighted by molar-refractivity contribution is 0.380. The van der Waals surface area contributed by atoms with Crippen molar-refractivity contribution in [3.05, 3.63) is 0 Å². The third kappa shape index (κ3) is 4.20. The molecule has 1 rings (SSSR count). The molecule has 1 aliphatic rings. The molecule has 0 saturated heterocycles. The molecule has 76 valence electrons. The molecule has 2 atom stereocenters. The summed E-state index contributed by atoms with van der Waals surface area (Å²) < 4.78 is 0. The molecule has 0 bridgehead atoms. The van der Waals surface area contributed by atoms with Crippen LogP contribution in [0.2, 0.25) is 5.82 Å². The molecular weight excluding hydrogens is 155 g/mol. The Bertz CT molecular complexity index is 122. The van der Waals surface area contributed by atoms with E-state index in [4.69, 9.17) is 0 Å². The zero-order valence-electron chi connectivity index (χ0n) is 9.52. The van der Waals surface area contributed by atoms with Gasteiger partial charge in [-0.1, -0.05) is 70.5 Å².